The Morgan fingerprint density at radius 3 is 1.81 bits per heavy atom. The van der Waals surface area contributed by atoms with Crippen LogP contribution in [0.5, 0.6) is 34.5 Å². The number of benzene rings is 2. The molecular formula is C23H30O9. The fourth-order valence-corrected chi connectivity index (χ4v) is 3.13. The summed E-state index contributed by atoms with van der Waals surface area (Å²) in [7, 11) is 5.74. The number of aliphatic hydroxyl groups excluding tert-OH is 3. The van der Waals surface area contributed by atoms with E-state index >= 15 is 0 Å². The highest BCUT2D eigenvalue weighted by molar-refractivity contribution is 5.62. The number of aliphatic hydroxyl groups is 3. The number of aromatic hydroxyl groups is 1. The molecule has 0 radical (unpaired) electrons. The number of ether oxygens (including phenoxy) is 5. The third-order valence-electron chi connectivity index (χ3n) is 4.76. The number of methoxy groups -OCH3 is 4. The average molecular weight is 450 g/mol. The summed E-state index contributed by atoms with van der Waals surface area (Å²) in [5.74, 6) is 1.13. The predicted molar refractivity (Wildman–Crippen MR) is 118 cm³/mol. The molecule has 0 aliphatic rings. The van der Waals surface area contributed by atoms with Crippen LogP contribution in [0.2, 0.25) is 0 Å². The first kappa shape index (κ1) is 25.1. The van der Waals surface area contributed by atoms with Gasteiger partial charge in [-0.15, -0.1) is 0 Å². The molecule has 176 valence electrons. The van der Waals surface area contributed by atoms with Crippen LogP contribution in [-0.4, -0.2) is 74.3 Å². The maximum Gasteiger partial charge on any atom is 0.204 e. The minimum Gasteiger partial charge on any atom is -0.502 e. The third kappa shape index (κ3) is 5.97. The lowest BCUT2D eigenvalue weighted by Gasteiger charge is -2.25. The van der Waals surface area contributed by atoms with E-state index in [9.17, 15) is 15.3 Å². The summed E-state index contributed by atoms with van der Waals surface area (Å²) in [6.07, 6.45) is 1.21. The Morgan fingerprint density at radius 2 is 1.38 bits per heavy atom. The smallest absolute Gasteiger partial charge is 0.204 e. The first-order valence-electron chi connectivity index (χ1n) is 9.85. The second kappa shape index (κ2) is 12.0. The van der Waals surface area contributed by atoms with Gasteiger partial charge in [-0.2, -0.15) is 0 Å². The van der Waals surface area contributed by atoms with Crippen LogP contribution in [-0.2, 0) is 6.42 Å². The fraction of sp³-hybridized carbons (Fsp3) is 0.391. The summed E-state index contributed by atoms with van der Waals surface area (Å²) in [5, 5.41) is 39.7. The SMILES string of the molecule is COc1cc(CC(O)C(CO)Oc2c(OC)cc(/C=C\CO)cc2OC)cc(OC)c1O. The molecule has 0 heterocycles. The Labute approximate surface area is 187 Å². The summed E-state index contributed by atoms with van der Waals surface area (Å²) < 4.78 is 27.0. The summed E-state index contributed by atoms with van der Waals surface area (Å²) in [4.78, 5) is 0. The Morgan fingerprint density at radius 1 is 0.844 bits per heavy atom. The van der Waals surface area contributed by atoms with E-state index in [1.54, 1.807) is 36.4 Å². The van der Waals surface area contributed by atoms with E-state index in [0.717, 1.165) is 0 Å². The minimum atomic E-state index is -1.12. The van der Waals surface area contributed by atoms with E-state index in [0.29, 0.717) is 22.6 Å². The van der Waals surface area contributed by atoms with Crippen molar-refractivity contribution in [3.63, 3.8) is 0 Å². The lowest BCUT2D eigenvalue weighted by molar-refractivity contribution is 0.000131. The minimum absolute atomic E-state index is 0.0835. The van der Waals surface area contributed by atoms with Gasteiger partial charge in [0.25, 0.3) is 0 Å². The maximum atomic E-state index is 10.8. The van der Waals surface area contributed by atoms with Crippen molar-refractivity contribution < 1.29 is 44.1 Å². The van der Waals surface area contributed by atoms with Crippen LogP contribution in [0.1, 0.15) is 11.1 Å². The largest absolute Gasteiger partial charge is 0.502 e. The van der Waals surface area contributed by atoms with Crippen molar-refractivity contribution in [1.29, 1.82) is 0 Å². The molecule has 0 aromatic heterocycles. The molecule has 0 saturated carbocycles. The number of hydrogen-bond acceptors (Lipinski definition) is 9. The molecule has 0 spiro atoms. The van der Waals surface area contributed by atoms with Gasteiger partial charge in [-0.3, -0.25) is 0 Å². The summed E-state index contributed by atoms with van der Waals surface area (Å²) in [6.45, 7) is -0.597. The van der Waals surface area contributed by atoms with Gasteiger partial charge in [0.05, 0.1) is 47.8 Å². The van der Waals surface area contributed by atoms with Crippen molar-refractivity contribution in [3.8, 4) is 34.5 Å². The second-order valence-corrected chi connectivity index (χ2v) is 6.80. The molecule has 0 saturated heterocycles. The second-order valence-electron chi connectivity index (χ2n) is 6.80. The molecule has 32 heavy (non-hydrogen) atoms. The zero-order valence-corrected chi connectivity index (χ0v) is 18.6. The van der Waals surface area contributed by atoms with Crippen molar-refractivity contribution in [2.75, 3.05) is 41.7 Å². The van der Waals surface area contributed by atoms with Gasteiger partial charge in [0.1, 0.15) is 6.10 Å². The number of rotatable bonds is 12. The number of hydrogen-bond donors (Lipinski definition) is 4. The molecule has 2 unspecified atom stereocenters. The lowest BCUT2D eigenvalue weighted by atomic mass is 10.0. The summed E-state index contributed by atoms with van der Waals surface area (Å²) in [5.41, 5.74) is 1.32. The predicted octanol–water partition coefficient (Wildman–Crippen LogP) is 1.78. The molecular weight excluding hydrogens is 420 g/mol. The van der Waals surface area contributed by atoms with E-state index in [4.69, 9.17) is 28.8 Å². The van der Waals surface area contributed by atoms with E-state index in [1.165, 1.54) is 28.4 Å². The van der Waals surface area contributed by atoms with Crippen LogP contribution in [0.25, 0.3) is 6.08 Å². The van der Waals surface area contributed by atoms with Crippen LogP contribution in [0.3, 0.4) is 0 Å². The molecule has 0 aliphatic heterocycles. The van der Waals surface area contributed by atoms with E-state index in [2.05, 4.69) is 0 Å². The van der Waals surface area contributed by atoms with Crippen molar-refractivity contribution in [3.05, 3.63) is 41.5 Å². The van der Waals surface area contributed by atoms with E-state index < -0.39 is 18.8 Å². The summed E-state index contributed by atoms with van der Waals surface area (Å²) >= 11 is 0. The first-order chi connectivity index (χ1) is 15.4. The van der Waals surface area contributed by atoms with Crippen molar-refractivity contribution in [2.45, 2.75) is 18.6 Å². The van der Waals surface area contributed by atoms with Crippen molar-refractivity contribution in [1.82, 2.24) is 0 Å². The Bertz CT molecular complexity index is 860. The van der Waals surface area contributed by atoms with Crippen LogP contribution < -0.4 is 23.7 Å². The van der Waals surface area contributed by atoms with Gasteiger partial charge < -0.3 is 44.1 Å². The zero-order chi connectivity index (χ0) is 23.7. The lowest BCUT2D eigenvalue weighted by Crippen LogP contribution is -2.36. The molecule has 0 aliphatic carbocycles. The Balaban J connectivity index is 2.31. The first-order valence-corrected chi connectivity index (χ1v) is 9.85. The monoisotopic (exact) mass is 450 g/mol. The number of phenolic OH excluding ortho intramolecular Hbond substituents is 1. The van der Waals surface area contributed by atoms with Crippen LogP contribution in [0, 0.1) is 0 Å². The topological polar surface area (TPSA) is 127 Å². The quantitative estimate of drug-likeness (QED) is 0.383. The van der Waals surface area contributed by atoms with Gasteiger partial charge >= 0.3 is 0 Å². The van der Waals surface area contributed by atoms with Gasteiger partial charge in [0.15, 0.2) is 23.0 Å². The van der Waals surface area contributed by atoms with Gasteiger partial charge in [0, 0.05) is 6.42 Å². The van der Waals surface area contributed by atoms with E-state index in [-0.39, 0.29) is 36.0 Å². The molecule has 0 fully saturated rings. The molecule has 4 N–H and O–H groups in total. The van der Waals surface area contributed by atoms with Gasteiger partial charge in [0.2, 0.25) is 11.5 Å². The molecule has 9 nitrogen and oxygen atoms in total. The normalized spacial score (nSPS) is 13.0. The standard InChI is InChI=1S/C23H30O9/c1-28-17-11-15(12-18(29-2)22(17)27)8-16(26)21(13-25)32-23-19(30-3)9-14(6-5-7-24)10-20(23)31-4/h5-6,9-12,16,21,24-27H,7-8,13H2,1-4H3/b6-5-. The Hall–Kier alpha value is -3.14. The van der Waals surface area contributed by atoms with Gasteiger partial charge in [-0.05, 0) is 35.4 Å². The highest BCUT2D eigenvalue weighted by Crippen LogP contribution is 2.40. The summed E-state index contributed by atoms with van der Waals surface area (Å²) in [6, 6.07) is 6.50. The molecule has 9 heteroatoms. The van der Waals surface area contributed by atoms with Crippen molar-refractivity contribution >= 4 is 6.08 Å². The average Bonchev–Trinajstić information content (AvgIpc) is 2.81. The third-order valence-corrected chi connectivity index (χ3v) is 4.76. The number of phenols is 1. The van der Waals surface area contributed by atoms with Crippen LogP contribution in [0.15, 0.2) is 30.3 Å². The van der Waals surface area contributed by atoms with Gasteiger partial charge in [-0.1, -0.05) is 12.2 Å². The highest BCUT2D eigenvalue weighted by Gasteiger charge is 2.26. The molecule has 0 bridgehead atoms. The van der Waals surface area contributed by atoms with Crippen LogP contribution in [0.4, 0.5) is 0 Å². The molecule has 2 aromatic rings. The molecule has 2 rings (SSSR count). The highest BCUT2D eigenvalue weighted by atomic mass is 16.6. The molecule has 2 aromatic carbocycles. The van der Waals surface area contributed by atoms with Gasteiger partial charge in [-0.25, -0.2) is 0 Å². The zero-order valence-electron chi connectivity index (χ0n) is 18.6. The Kier molecular flexibility index (Phi) is 9.45. The maximum absolute atomic E-state index is 10.8. The van der Waals surface area contributed by atoms with Crippen LogP contribution >= 0.6 is 0 Å². The molecule has 2 atom stereocenters. The fourth-order valence-electron chi connectivity index (χ4n) is 3.13. The molecule has 0 amide bonds. The van der Waals surface area contributed by atoms with E-state index in [1.807, 2.05) is 0 Å². The van der Waals surface area contributed by atoms with Crippen molar-refractivity contribution in [2.24, 2.45) is 0 Å².